The van der Waals surface area contributed by atoms with Gasteiger partial charge in [0.05, 0.1) is 35.9 Å². The van der Waals surface area contributed by atoms with Crippen molar-refractivity contribution in [2.24, 2.45) is 0 Å². The average Bonchev–Trinajstić information content (AvgIpc) is 3.48. The van der Waals surface area contributed by atoms with E-state index in [9.17, 15) is 9.59 Å². The van der Waals surface area contributed by atoms with Crippen LogP contribution in [0.25, 0.3) is 5.69 Å². The van der Waals surface area contributed by atoms with Gasteiger partial charge in [0.1, 0.15) is 5.56 Å². The molecule has 0 spiro atoms. The summed E-state index contributed by atoms with van der Waals surface area (Å²) in [6.45, 7) is 6.42. The lowest BCUT2D eigenvalue weighted by atomic mass is 10.1. The van der Waals surface area contributed by atoms with Gasteiger partial charge in [-0.05, 0) is 57.9 Å². The minimum absolute atomic E-state index is 0.103. The number of benzene rings is 1. The van der Waals surface area contributed by atoms with Crippen LogP contribution in [-0.4, -0.2) is 45.0 Å². The third-order valence-electron chi connectivity index (χ3n) is 5.36. The van der Waals surface area contributed by atoms with E-state index in [1.165, 1.54) is 6.20 Å². The fraction of sp³-hybridized carbons (Fsp3) is 0.364. The van der Waals surface area contributed by atoms with E-state index in [0.29, 0.717) is 35.9 Å². The summed E-state index contributed by atoms with van der Waals surface area (Å²) in [4.78, 5) is 26.6. The van der Waals surface area contributed by atoms with Gasteiger partial charge >= 0.3 is 12.0 Å². The minimum atomic E-state index is -0.391. The van der Waals surface area contributed by atoms with Gasteiger partial charge < -0.3 is 19.5 Å². The second kappa shape index (κ2) is 8.63. The van der Waals surface area contributed by atoms with E-state index >= 15 is 0 Å². The molecule has 1 aliphatic rings. The number of ether oxygens (including phenoxy) is 1. The first-order chi connectivity index (χ1) is 15.0. The van der Waals surface area contributed by atoms with Crippen molar-refractivity contribution in [1.82, 2.24) is 19.8 Å². The lowest BCUT2D eigenvalue weighted by molar-refractivity contribution is 0.0525. The van der Waals surface area contributed by atoms with Crippen LogP contribution in [0.3, 0.4) is 0 Å². The summed E-state index contributed by atoms with van der Waals surface area (Å²) >= 11 is 0. The summed E-state index contributed by atoms with van der Waals surface area (Å²) in [5, 5.41) is 11.2. The van der Waals surface area contributed by atoms with Crippen molar-refractivity contribution in [3.05, 3.63) is 59.2 Å². The molecule has 9 heteroatoms. The number of likely N-dealkylation sites (tertiary alicyclic amines) is 1. The molecule has 3 heterocycles. The fourth-order valence-corrected chi connectivity index (χ4v) is 3.81. The number of urea groups is 1. The van der Waals surface area contributed by atoms with E-state index in [-0.39, 0.29) is 12.1 Å². The second-order valence-electron chi connectivity index (χ2n) is 7.48. The molecule has 2 amide bonds. The number of carbonyl (C=O) groups excluding carboxylic acids is 2. The maximum Gasteiger partial charge on any atom is 0.341 e. The van der Waals surface area contributed by atoms with Crippen molar-refractivity contribution in [3.8, 4) is 5.69 Å². The molecule has 0 unspecified atom stereocenters. The molecule has 1 fully saturated rings. The molecular formula is C22H25N5O4. The van der Waals surface area contributed by atoms with Crippen LogP contribution >= 0.6 is 0 Å². The van der Waals surface area contributed by atoms with Crippen LogP contribution in [0.1, 0.15) is 53.3 Å². The normalized spacial score (nSPS) is 15.8. The quantitative estimate of drug-likeness (QED) is 0.622. The molecule has 1 N–H and O–H groups in total. The largest absolute Gasteiger partial charge is 0.462 e. The Labute approximate surface area is 180 Å². The molecule has 0 saturated carbocycles. The van der Waals surface area contributed by atoms with Gasteiger partial charge in [-0.25, -0.2) is 14.3 Å². The highest BCUT2D eigenvalue weighted by molar-refractivity contribution is 5.91. The molecule has 9 nitrogen and oxygen atoms in total. The van der Waals surface area contributed by atoms with E-state index in [2.05, 4.69) is 15.6 Å². The van der Waals surface area contributed by atoms with Crippen molar-refractivity contribution >= 4 is 17.7 Å². The predicted octanol–water partition coefficient (Wildman–Crippen LogP) is 4.02. The molecule has 1 aromatic carbocycles. The Morgan fingerprint density at radius 2 is 2.03 bits per heavy atom. The number of amides is 2. The van der Waals surface area contributed by atoms with E-state index in [0.717, 1.165) is 24.2 Å². The van der Waals surface area contributed by atoms with Crippen LogP contribution in [0.15, 0.2) is 41.1 Å². The van der Waals surface area contributed by atoms with Gasteiger partial charge in [-0.3, -0.25) is 0 Å². The van der Waals surface area contributed by atoms with Crippen molar-refractivity contribution in [2.75, 3.05) is 18.5 Å². The van der Waals surface area contributed by atoms with Crippen LogP contribution in [0.5, 0.6) is 0 Å². The third-order valence-corrected chi connectivity index (χ3v) is 5.36. The first-order valence-electron chi connectivity index (χ1n) is 10.3. The zero-order valence-corrected chi connectivity index (χ0v) is 17.8. The maximum absolute atomic E-state index is 12.8. The number of aromatic nitrogens is 3. The second-order valence-corrected chi connectivity index (χ2v) is 7.48. The molecule has 0 radical (unpaired) electrons. The SMILES string of the molecule is CCOC(=O)c1cnn(-c2ccc(NC(=O)N3CCC[C@H]3c3cc(C)no3)cc2)c1C. The number of nitrogens with zero attached hydrogens (tertiary/aromatic N) is 4. The highest BCUT2D eigenvalue weighted by atomic mass is 16.5. The Morgan fingerprint density at radius 3 is 2.71 bits per heavy atom. The summed E-state index contributed by atoms with van der Waals surface area (Å²) in [6, 6.07) is 8.89. The van der Waals surface area contributed by atoms with E-state index in [4.69, 9.17) is 9.26 Å². The highest BCUT2D eigenvalue weighted by Crippen LogP contribution is 2.32. The van der Waals surface area contributed by atoms with Crippen LogP contribution in [0, 0.1) is 13.8 Å². The summed E-state index contributed by atoms with van der Waals surface area (Å²) < 4.78 is 12.1. The number of esters is 1. The molecule has 0 aliphatic carbocycles. The molecule has 1 atom stereocenters. The minimum Gasteiger partial charge on any atom is -0.462 e. The van der Waals surface area contributed by atoms with Gasteiger partial charge in [-0.1, -0.05) is 5.16 Å². The number of hydrogen-bond donors (Lipinski definition) is 1. The third kappa shape index (κ3) is 4.16. The van der Waals surface area contributed by atoms with Gasteiger partial charge in [0.2, 0.25) is 0 Å². The maximum atomic E-state index is 12.8. The van der Waals surface area contributed by atoms with Gasteiger partial charge in [-0.2, -0.15) is 5.10 Å². The van der Waals surface area contributed by atoms with Crippen LogP contribution in [-0.2, 0) is 4.74 Å². The molecule has 1 aliphatic heterocycles. The Bertz CT molecular complexity index is 1090. The zero-order valence-electron chi connectivity index (χ0n) is 17.8. The lowest BCUT2D eigenvalue weighted by Crippen LogP contribution is -2.34. The molecule has 1 saturated heterocycles. The first kappa shape index (κ1) is 20.6. The lowest BCUT2D eigenvalue weighted by Gasteiger charge is -2.23. The summed E-state index contributed by atoms with van der Waals surface area (Å²) in [5.41, 5.74) is 3.38. The van der Waals surface area contributed by atoms with Crippen LogP contribution in [0.2, 0.25) is 0 Å². The monoisotopic (exact) mass is 423 g/mol. The molecule has 4 rings (SSSR count). The number of rotatable bonds is 5. The highest BCUT2D eigenvalue weighted by Gasteiger charge is 2.32. The van der Waals surface area contributed by atoms with E-state index in [1.807, 2.05) is 44.2 Å². The van der Waals surface area contributed by atoms with Gasteiger partial charge in [0.15, 0.2) is 5.76 Å². The Morgan fingerprint density at radius 1 is 1.26 bits per heavy atom. The Balaban J connectivity index is 1.45. The van der Waals surface area contributed by atoms with Crippen LogP contribution < -0.4 is 5.32 Å². The molecule has 3 aromatic rings. The smallest absolute Gasteiger partial charge is 0.341 e. The van der Waals surface area contributed by atoms with Crippen molar-refractivity contribution in [3.63, 3.8) is 0 Å². The molecular weight excluding hydrogens is 398 g/mol. The Hall–Kier alpha value is -3.62. The molecule has 0 bridgehead atoms. The number of nitrogens with one attached hydrogen (secondary N) is 1. The number of carbonyl (C=O) groups is 2. The van der Waals surface area contributed by atoms with Gasteiger partial charge in [0, 0.05) is 18.3 Å². The van der Waals surface area contributed by atoms with Crippen molar-refractivity contribution < 1.29 is 18.8 Å². The zero-order chi connectivity index (χ0) is 22.0. The van der Waals surface area contributed by atoms with E-state index in [1.54, 1.807) is 16.5 Å². The molecule has 2 aromatic heterocycles. The topological polar surface area (TPSA) is 102 Å². The number of anilines is 1. The average molecular weight is 423 g/mol. The molecule has 31 heavy (non-hydrogen) atoms. The number of hydrogen-bond acceptors (Lipinski definition) is 6. The Kier molecular flexibility index (Phi) is 5.75. The summed E-state index contributed by atoms with van der Waals surface area (Å²) in [6.07, 6.45) is 3.27. The van der Waals surface area contributed by atoms with E-state index < -0.39 is 5.97 Å². The van der Waals surface area contributed by atoms with Gasteiger partial charge in [0.25, 0.3) is 0 Å². The number of aryl methyl sites for hydroxylation is 1. The predicted molar refractivity (Wildman–Crippen MR) is 113 cm³/mol. The van der Waals surface area contributed by atoms with Crippen molar-refractivity contribution in [1.29, 1.82) is 0 Å². The summed E-state index contributed by atoms with van der Waals surface area (Å²) in [7, 11) is 0. The first-order valence-corrected chi connectivity index (χ1v) is 10.3. The van der Waals surface area contributed by atoms with Crippen LogP contribution in [0.4, 0.5) is 10.5 Å². The fourth-order valence-electron chi connectivity index (χ4n) is 3.81. The van der Waals surface area contributed by atoms with Gasteiger partial charge in [-0.15, -0.1) is 0 Å². The molecule has 162 valence electrons. The van der Waals surface area contributed by atoms with Crippen molar-refractivity contribution in [2.45, 2.75) is 39.7 Å². The summed E-state index contributed by atoms with van der Waals surface area (Å²) in [5.74, 6) is 0.323. The standard InChI is InChI=1S/C22H25N5O4/c1-4-30-21(28)18-13-23-27(15(18)3)17-9-7-16(8-10-17)24-22(29)26-11-5-6-19(26)20-12-14(2)25-31-20/h7-10,12-13,19H,4-6,11H2,1-3H3,(H,24,29)/t19-/m0/s1.